The number of urea groups is 1. The maximum Gasteiger partial charge on any atom is 0.325 e. The Kier molecular flexibility index (Phi) is 5.59. The van der Waals surface area contributed by atoms with Crippen LogP contribution >= 0.6 is 0 Å². The Morgan fingerprint density at radius 2 is 1.79 bits per heavy atom. The number of para-hydroxylation sites is 2. The maximum atomic E-state index is 13.0. The molecule has 2 aromatic rings. The lowest BCUT2D eigenvalue weighted by atomic mass is 9.90. The summed E-state index contributed by atoms with van der Waals surface area (Å²) in [7, 11) is 1.50. The van der Waals surface area contributed by atoms with Gasteiger partial charge >= 0.3 is 6.03 Å². The number of rotatable bonds is 6. The molecule has 0 spiro atoms. The lowest BCUT2D eigenvalue weighted by molar-refractivity contribution is -0.133. The Morgan fingerprint density at radius 1 is 1.14 bits per heavy atom. The van der Waals surface area contributed by atoms with E-state index in [1.165, 1.54) is 7.11 Å². The SMILES string of the molecule is COc1ccccc1NC(=O)CN1C(=O)N[C@](C)(c2ccc(C(C)C)cc2)C1=O. The minimum atomic E-state index is -1.21. The average Bonchev–Trinajstić information content (AvgIpc) is 2.92. The van der Waals surface area contributed by atoms with Crippen LogP contribution in [-0.2, 0) is 15.1 Å². The van der Waals surface area contributed by atoms with E-state index in [0.29, 0.717) is 22.9 Å². The highest BCUT2D eigenvalue weighted by molar-refractivity contribution is 6.10. The number of methoxy groups -OCH3 is 1. The monoisotopic (exact) mass is 395 g/mol. The van der Waals surface area contributed by atoms with E-state index < -0.39 is 23.4 Å². The lowest BCUT2D eigenvalue weighted by Gasteiger charge is -2.23. The first kappa shape index (κ1) is 20.4. The summed E-state index contributed by atoms with van der Waals surface area (Å²) in [6.45, 7) is 5.43. The van der Waals surface area contributed by atoms with E-state index in [2.05, 4.69) is 24.5 Å². The van der Waals surface area contributed by atoms with Gasteiger partial charge in [0.15, 0.2) is 0 Å². The third-order valence-electron chi connectivity index (χ3n) is 5.11. The van der Waals surface area contributed by atoms with Crippen LogP contribution in [0.3, 0.4) is 0 Å². The molecular formula is C22H25N3O4. The summed E-state index contributed by atoms with van der Waals surface area (Å²) >= 11 is 0. The van der Waals surface area contributed by atoms with Crippen LogP contribution in [0.5, 0.6) is 5.75 Å². The molecule has 152 valence electrons. The Balaban J connectivity index is 1.75. The van der Waals surface area contributed by atoms with Gasteiger partial charge in [-0.3, -0.25) is 14.5 Å². The predicted molar refractivity (Wildman–Crippen MR) is 110 cm³/mol. The standard InChI is InChI=1S/C22H25N3O4/c1-14(2)15-9-11-16(12-10-15)22(3)20(27)25(21(28)24-22)13-19(26)23-17-7-5-6-8-18(17)29-4/h5-12,14H,13H2,1-4H3,(H,23,26)(H,24,28)/t22-/m1/s1. The molecule has 3 rings (SSSR count). The summed E-state index contributed by atoms with van der Waals surface area (Å²) in [5, 5.41) is 5.40. The van der Waals surface area contributed by atoms with Crippen molar-refractivity contribution in [1.29, 1.82) is 0 Å². The van der Waals surface area contributed by atoms with E-state index in [1.54, 1.807) is 31.2 Å². The Hall–Kier alpha value is -3.35. The molecule has 0 radical (unpaired) electrons. The quantitative estimate of drug-likeness (QED) is 0.735. The molecule has 29 heavy (non-hydrogen) atoms. The van der Waals surface area contributed by atoms with E-state index in [9.17, 15) is 14.4 Å². The summed E-state index contributed by atoms with van der Waals surface area (Å²) in [5.74, 6) is -0.0959. The molecular weight excluding hydrogens is 370 g/mol. The molecule has 7 nitrogen and oxygen atoms in total. The topological polar surface area (TPSA) is 87.7 Å². The zero-order chi connectivity index (χ0) is 21.2. The van der Waals surface area contributed by atoms with Gasteiger partial charge in [0, 0.05) is 0 Å². The highest BCUT2D eigenvalue weighted by Gasteiger charge is 2.49. The first-order valence-electron chi connectivity index (χ1n) is 9.43. The number of hydrogen-bond donors (Lipinski definition) is 2. The molecule has 1 saturated heterocycles. The fraction of sp³-hybridized carbons (Fsp3) is 0.318. The van der Waals surface area contributed by atoms with E-state index in [-0.39, 0.29) is 6.54 Å². The molecule has 0 saturated carbocycles. The predicted octanol–water partition coefficient (Wildman–Crippen LogP) is 3.22. The molecule has 0 aromatic heterocycles. The first-order chi connectivity index (χ1) is 13.8. The van der Waals surface area contributed by atoms with Crippen LogP contribution in [0.15, 0.2) is 48.5 Å². The summed E-state index contributed by atoms with van der Waals surface area (Å²) in [6, 6.07) is 13.9. The molecule has 2 aromatic carbocycles. The fourth-order valence-electron chi connectivity index (χ4n) is 3.32. The molecule has 2 N–H and O–H groups in total. The number of nitrogens with one attached hydrogen (secondary N) is 2. The first-order valence-corrected chi connectivity index (χ1v) is 9.43. The lowest BCUT2D eigenvalue weighted by Crippen LogP contribution is -2.42. The number of amides is 4. The number of nitrogens with zero attached hydrogens (tertiary/aromatic N) is 1. The van der Waals surface area contributed by atoms with Gasteiger partial charge in [-0.25, -0.2) is 4.79 Å². The number of imide groups is 1. The molecule has 0 bridgehead atoms. The normalized spacial score (nSPS) is 18.7. The molecule has 1 fully saturated rings. The highest BCUT2D eigenvalue weighted by Crippen LogP contribution is 2.30. The third kappa shape index (κ3) is 3.94. The smallest absolute Gasteiger partial charge is 0.325 e. The largest absolute Gasteiger partial charge is 0.495 e. The molecule has 0 unspecified atom stereocenters. The van der Waals surface area contributed by atoms with Crippen molar-refractivity contribution in [1.82, 2.24) is 10.2 Å². The third-order valence-corrected chi connectivity index (χ3v) is 5.11. The minimum Gasteiger partial charge on any atom is -0.495 e. The van der Waals surface area contributed by atoms with Crippen molar-refractivity contribution in [3.63, 3.8) is 0 Å². The van der Waals surface area contributed by atoms with E-state index in [0.717, 1.165) is 10.5 Å². The van der Waals surface area contributed by atoms with Crippen molar-refractivity contribution in [2.75, 3.05) is 19.0 Å². The van der Waals surface area contributed by atoms with Crippen molar-refractivity contribution >= 4 is 23.5 Å². The number of anilines is 1. The van der Waals surface area contributed by atoms with Gasteiger partial charge in [0.2, 0.25) is 5.91 Å². The number of carbonyl (C=O) groups is 3. The summed E-state index contributed by atoms with van der Waals surface area (Å²) in [4.78, 5) is 38.8. The average molecular weight is 395 g/mol. The number of carbonyl (C=O) groups excluding carboxylic acids is 3. The fourth-order valence-corrected chi connectivity index (χ4v) is 3.32. The Morgan fingerprint density at radius 3 is 2.41 bits per heavy atom. The maximum absolute atomic E-state index is 13.0. The Labute approximate surface area is 170 Å². The number of benzene rings is 2. The molecule has 1 heterocycles. The van der Waals surface area contributed by atoms with Crippen molar-refractivity contribution in [2.24, 2.45) is 0 Å². The van der Waals surface area contributed by atoms with Crippen LogP contribution in [0.2, 0.25) is 0 Å². The number of ether oxygens (including phenoxy) is 1. The van der Waals surface area contributed by atoms with Gasteiger partial charge in [-0.05, 0) is 36.1 Å². The van der Waals surface area contributed by atoms with Crippen LogP contribution in [-0.4, -0.2) is 36.4 Å². The molecule has 1 aliphatic rings. The van der Waals surface area contributed by atoms with Crippen LogP contribution < -0.4 is 15.4 Å². The summed E-state index contributed by atoms with van der Waals surface area (Å²) in [5.41, 5.74) is 1.08. The molecule has 1 aliphatic heterocycles. The van der Waals surface area contributed by atoms with Gasteiger partial charge in [-0.1, -0.05) is 50.2 Å². The van der Waals surface area contributed by atoms with Gasteiger partial charge in [0.1, 0.15) is 17.8 Å². The van der Waals surface area contributed by atoms with E-state index in [4.69, 9.17) is 4.74 Å². The second kappa shape index (κ2) is 7.95. The van der Waals surface area contributed by atoms with E-state index >= 15 is 0 Å². The minimum absolute atomic E-state index is 0.362. The van der Waals surface area contributed by atoms with Crippen LogP contribution in [0.1, 0.15) is 37.8 Å². The Bertz CT molecular complexity index is 939. The highest BCUT2D eigenvalue weighted by atomic mass is 16.5. The van der Waals surface area contributed by atoms with Crippen LogP contribution in [0.25, 0.3) is 0 Å². The zero-order valence-electron chi connectivity index (χ0n) is 17.0. The molecule has 0 aliphatic carbocycles. The second-order valence-corrected chi connectivity index (χ2v) is 7.47. The van der Waals surface area contributed by atoms with Crippen LogP contribution in [0.4, 0.5) is 10.5 Å². The number of hydrogen-bond acceptors (Lipinski definition) is 4. The molecule has 7 heteroatoms. The van der Waals surface area contributed by atoms with Crippen molar-refractivity contribution in [2.45, 2.75) is 32.2 Å². The van der Waals surface area contributed by atoms with Gasteiger partial charge < -0.3 is 15.4 Å². The van der Waals surface area contributed by atoms with Gasteiger partial charge in [-0.15, -0.1) is 0 Å². The summed E-state index contributed by atoms with van der Waals surface area (Å²) < 4.78 is 5.20. The van der Waals surface area contributed by atoms with E-state index in [1.807, 2.05) is 24.3 Å². The van der Waals surface area contributed by atoms with Crippen molar-refractivity contribution in [3.8, 4) is 5.75 Å². The van der Waals surface area contributed by atoms with Gasteiger partial charge in [0.05, 0.1) is 12.8 Å². The van der Waals surface area contributed by atoms with Crippen molar-refractivity contribution < 1.29 is 19.1 Å². The van der Waals surface area contributed by atoms with Gasteiger partial charge in [-0.2, -0.15) is 0 Å². The molecule has 4 amide bonds. The summed E-state index contributed by atoms with van der Waals surface area (Å²) in [6.07, 6.45) is 0. The van der Waals surface area contributed by atoms with Crippen LogP contribution in [0, 0.1) is 0 Å². The van der Waals surface area contributed by atoms with Gasteiger partial charge in [0.25, 0.3) is 5.91 Å². The second-order valence-electron chi connectivity index (χ2n) is 7.47. The van der Waals surface area contributed by atoms with Crippen molar-refractivity contribution in [3.05, 3.63) is 59.7 Å². The zero-order valence-corrected chi connectivity index (χ0v) is 17.0. The molecule has 1 atom stereocenters.